The number of aromatic nitrogens is 3. The summed E-state index contributed by atoms with van der Waals surface area (Å²) in [6.07, 6.45) is 1.11. The Morgan fingerprint density at radius 2 is 1.74 bits per heavy atom. The number of rotatable bonds is 6. The van der Waals surface area contributed by atoms with Crippen molar-refractivity contribution >= 4 is 49.9 Å². The number of sulfonamides is 1. The van der Waals surface area contributed by atoms with Crippen molar-refractivity contribution in [2.24, 2.45) is 12.8 Å². The predicted molar refractivity (Wildman–Crippen MR) is 129 cm³/mol. The van der Waals surface area contributed by atoms with Gasteiger partial charge in [-0.25, -0.2) is 22.2 Å². The molecule has 0 saturated heterocycles. The summed E-state index contributed by atoms with van der Waals surface area (Å²) in [6, 6.07) is 9.09. The van der Waals surface area contributed by atoms with Crippen LogP contribution >= 0.6 is 23.2 Å². The Balaban J connectivity index is 1.87. The highest BCUT2D eigenvalue weighted by Crippen LogP contribution is 2.39. The minimum Gasteiger partial charge on any atom is -0.322 e. The molecule has 0 bridgehead atoms. The van der Waals surface area contributed by atoms with Gasteiger partial charge in [0.25, 0.3) is 0 Å². The average Bonchev–Trinajstić information content (AvgIpc) is 3.03. The van der Waals surface area contributed by atoms with E-state index in [2.05, 4.69) is 14.8 Å². The van der Waals surface area contributed by atoms with Crippen LogP contribution in [0.25, 0.3) is 22.0 Å². The minimum atomic E-state index is -3.61. The van der Waals surface area contributed by atoms with Gasteiger partial charge in [-0.1, -0.05) is 29.3 Å². The van der Waals surface area contributed by atoms with E-state index in [1.54, 1.807) is 31.3 Å². The summed E-state index contributed by atoms with van der Waals surface area (Å²) in [5.74, 6) is -1.33. The largest absolute Gasteiger partial charge is 0.322 e. The molecule has 3 N–H and O–H groups in total. The van der Waals surface area contributed by atoms with Gasteiger partial charge in [0.1, 0.15) is 16.8 Å². The van der Waals surface area contributed by atoms with Crippen molar-refractivity contribution in [2.75, 3.05) is 11.0 Å². The highest BCUT2D eigenvalue weighted by atomic mass is 35.5. The minimum absolute atomic E-state index is 0.0786. The second-order valence-electron chi connectivity index (χ2n) is 7.82. The monoisotopic (exact) mass is 525 g/mol. The zero-order valence-electron chi connectivity index (χ0n) is 18.0. The molecule has 2 aromatic carbocycles. The zero-order valence-corrected chi connectivity index (χ0v) is 20.3. The fraction of sp³-hybridized carbons (Fsp3) is 0.182. The number of nitrogens with one attached hydrogen (secondary N) is 1. The first-order valence-corrected chi connectivity index (χ1v) is 12.6. The lowest BCUT2D eigenvalue weighted by Crippen LogP contribution is -2.17. The molecule has 0 amide bonds. The summed E-state index contributed by atoms with van der Waals surface area (Å²) in [7, 11) is -1.97. The van der Waals surface area contributed by atoms with Gasteiger partial charge in [-0.05, 0) is 42.3 Å². The van der Waals surface area contributed by atoms with Crippen LogP contribution in [0.2, 0.25) is 10.2 Å². The van der Waals surface area contributed by atoms with Crippen LogP contribution in [0.1, 0.15) is 17.3 Å². The Labute approximate surface area is 204 Å². The van der Waals surface area contributed by atoms with Crippen LogP contribution in [0.5, 0.6) is 0 Å². The molecular formula is C22H19Cl2F2N5O2S. The highest BCUT2D eigenvalue weighted by Gasteiger charge is 2.23. The van der Waals surface area contributed by atoms with Crippen molar-refractivity contribution in [1.82, 2.24) is 14.8 Å². The normalized spacial score (nSPS) is 12.8. The number of halogens is 4. The molecule has 0 aliphatic heterocycles. The third-order valence-electron chi connectivity index (χ3n) is 5.13. The van der Waals surface area contributed by atoms with Gasteiger partial charge < -0.3 is 5.73 Å². The van der Waals surface area contributed by atoms with E-state index >= 15 is 0 Å². The van der Waals surface area contributed by atoms with E-state index in [1.165, 1.54) is 16.8 Å². The number of hydrogen-bond donors (Lipinski definition) is 2. The Kier molecular flexibility index (Phi) is 6.52. The number of nitrogens with two attached hydrogens (primary N) is 1. The van der Waals surface area contributed by atoms with Gasteiger partial charge in [0.2, 0.25) is 10.0 Å². The Morgan fingerprint density at radius 1 is 1.09 bits per heavy atom. The molecule has 0 saturated carbocycles. The molecule has 2 heterocycles. The van der Waals surface area contributed by atoms with E-state index in [9.17, 15) is 17.2 Å². The van der Waals surface area contributed by atoms with E-state index in [0.29, 0.717) is 38.3 Å². The van der Waals surface area contributed by atoms with Crippen LogP contribution in [0.15, 0.2) is 42.5 Å². The lowest BCUT2D eigenvalue weighted by molar-refractivity contribution is 0.575. The summed E-state index contributed by atoms with van der Waals surface area (Å²) in [5, 5.41) is 5.16. The molecule has 0 radical (unpaired) electrons. The summed E-state index contributed by atoms with van der Waals surface area (Å²) >= 11 is 12.6. The fourth-order valence-electron chi connectivity index (χ4n) is 3.88. The van der Waals surface area contributed by atoms with Gasteiger partial charge in [-0.2, -0.15) is 5.10 Å². The second-order valence-corrected chi connectivity index (χ2v) is 10.4. The maximum atomic E-state index is 13.7. The van der Waals surface area contributed by atoms with Gasteiger partial charge in [-0.3, -0.25) is 9.40 Å². The molecule has 7 nitrogen and oxygen atoms in total. The summed E-state index contributed by atoms with van der Waals surface area (Å²) in [5.41, 5.74) is 8.92. The van der Waals surface area contributed by atoms with Gasteiger partial charge in [0.05, 0.1) is 33.9 Å². The van der Waals surface area contributed by atoms with Gasteiger partial charge in [-0.15, -0.1) is 0 Å². The molecule has 0 fully saturated rings. The van der Waals surface area contributed by atoms with Gasteiger partial charge in [0, 0.05) is 24.2 Å². The van der Waals surface area contributed by atoms with Crippen molar-refractivity contribution in [3.63, 3.8) is 0 Å². The quantitative estimate of drug-likeness (QED) is 0.351. The summed E-state index contributed by atoms with van der Waals surface area (Å²) in [4.78, 5) is 4.39. The summed E-state index contributed by atoms with van der Waals surface area (Å²) in [6.45, 7) is 0. The van der Waals surface area contributed by atoms with E-state index in [1.807, 2.05) is 0 Å². The summed E-state index contributed by atoms with van der Waals surface area (Å²) < 4.78 is 54.9. The number of fused-ring (bicyclic) bond motifs is 1. The van der Waals surface area contributed by atoms with E-state index in [-0.39, 0.29) is 17.4 Å². The van der Waals surface area contributed by atoms with Gasteiger partial charge >= 0.3 is 0 Å². The molecule has 1 atom stereocenters. The molecule has 4 rings (SSSR count). The van der Waals surface area contributed by atoms with Crippen LogP contribution in [0, 0.1) is 11.6 Å². The molecule has 0 spiro atoms. The maximum Gasteiger partial charge on any atom is 0.231 e. The van der Waals surface area contributed by atoms with Crippen LogP contribution in [-0.4, -0.2) is 29.4 Å². The Hall–Kier alpha value is -2.79. The van der Waals surface area contributed by atoms with Crippen LogP contribution in [-0.2, 0) is 23.5 Å². The first kappa shape index (κ1) is 24.3. The number of nitrogens with zero attached hydrogens (tertiary/aromatic N) is 3. The van der Waals surface area contributed by atoms with Crippen LogP contribution in [0.3, 0.4) is 0 Å². The molecule has 34 heavy (non-hydrogen) atoms. The number of benzene rings is 2. The topological polar surface area (TPSA) is 103 Å². The number of aryl methyl sites for hydroxylation is 1. The standard InChI is InChI=1S/C22H19Cl2F2N5O2S/c1-31-21-15(3-5-16(23)19(21)22(29-31)30-34(2,32)33)14-4-6-18(24)28-20(14)17(27)9-11-7-12(25)10-13(26)8-11/h3-8,10,17H,9,27H2,1-2H3,(H,29,30)/t17-/m0/s1. The Bertz CT molecular complexity index is 1510. The van der Waals surface area contributed by atoms with Crippen molar-refractivity contribution < 1.29 is 17.2 Å². The third-order valence-corrected chi connectivity index (χ3v) is 6.22. The first-order valence-electron chi connectivity index (χ1n) is 9.93. The van der Waals surface area contributed by atoms with Crippen molar-refractivity contribution in [3.8, 4) is 11.1 Å². The molecule has 4 aromatic rings. The number of hydrogen-bond acceptors (Lipinski definition) is 5. The van der Waals surface area contributed by atoms with Crippen molar-refractivity contribution in [2.45, 2.75) is 12.5 Å². The predicted octanol–water partition coefficient (Wildman–Crippen LogP) is 4.83. The van der Waals surface area contributed by atoms with E-state index < -0.39 is 27.7 Å². The molecule has 0 unspecified atom stereocenters. The van der Waals surface area contributed by atoms with Crippen molar-refractivity contribution in [1.29, 1.82) is 0 Å². The molecule has 178 valence electrons. The third kappa shape index (κ3) is 5.00. The number of pyridine rings is 1. The van der Waals surface area contributed by atoms with Crippen LogP contribution < -0.4 is 10.5 Å². The molecule has 0 aliphatic rings. The highest BCUT2D eigenvalue weighted by molar-refractivity contribution is 7.92. The Morgan fingerprint density at radius 3 is 2.38 bits per heavy atom. The maximum absolute atomic E-state index is 13.7. The smallest absolute Gasteiger partial charge is 0.231 e. The average molecular weight is 526 g/mol. The van der Waals surface area contributed by atoms with Crippen LogP contribution in [0.4, 0.5) is 14.6 Å². The molecule has 0 aliphatic carbocycles. The molecule has 12 heteroatoms. The van der Waals surface area contributed by atoms with E-state index in [4.69, 9.17) is 28.9 Å². The lowest BCUT2D eigenvalue weighted by Gasteiger charge is -2.17. The SMILES string of the molecule is Cn1nc(NS(C)(=O)=O)c2c(Cl)ccc(-c3ccc(Cl)nc3[C@@H](N)Cc3cc(F)cc(F)c3)c21. The molecule has 2 aromatic heterocycles. The number of anilines is 1. The zero-order chi connectivity index (χ0) is 24.8. The second kappa shape index (κ2) is 9.10. The lowest BCUT2D eigenvalue weighted by atomic mass is 9.95. The molecular weight excluding hydrogens is 507 g/mol. The van der Waals surface area contributed by atoms with E-state index in [0.717, 1.165) is 12.3 Å². The fourth-order valence-corrected chi connectivity index (χ4v) is 4.77. The van der Waals surface area contributed by atoms with Gasteiger partial charge in [0.15, 0.2) is 5.82 Å². The first-order chi connectivity index (χ1) is 15.9. The van der Waals surface area contributed by atoms with Crippen molar-refractivity contribution in [3.05, 3.63) is 75.5 Å².